The molecule has 0 fully saturated rings. The highest BCUT2D eigenvalue weighted by atomic mass is 32.1. The molecule has 7 heteroatoms. The molecule has 0 bridgehead atoms. The lowest BCUT2D eigenvalue weighted by atomic mass is 10.00. The fourth-order valence-electron chi connectivity index (χ4n) is 5.45. The fourth-order valence-corrected chi connectivity index (χ4v) is 6.85. The summed E-state index contributed by atoms with van der Waals surface area (Å²) in [5.41, 5.74) is 4.54. The number of anilines is 2. The molecule has 1 aliphatic carbocycles. The Morgan fingerprint density at radius 1 is 0.973 bits per heavy atom. The van der Waals surface area contributed by atoms with E-state index in [0.29, 0.717) is 6.54 Å². The summed E-state index contributed by atoms with van der Waals surface area (Å²) in [5, 5.41) is 0.959. The van der Waals surface area contributed by atoms with E-state index in [0.717, 1.165) is 58.1 Å². The summed E-state index contributed by atoms with van der Waals surface area (Å²) in [6.45, 7) is 0.478. The second-order valence-corrected chi connectivity index (χ2v) is 10.4. The third-order valence-electron chi connectivity index (χ3n) is 7.17. The van der Waals surface area contributed by atoms with Crippen LogP contribution in [0, 0.1) is 5.82 Å². The summed E-state index contributed by atoms with van der Waals surface area (Å²) >= 11 is 1.71. The van der Waals surface area contributed by atoms with E-state index >= 15 is 0 Å². The number of hydrogen-bond acceptors (Lipinski definition) is 5. The van der Waals surface area contributed by atoms with Gasteiger partial charge in [-0.3, -0.25) is 9.69 Å². The van der Waals surface area contributed by atoms with Gasteiger partial charge in [-0.1, -0.05) is 30.3 Å². The Kier molecular flexibility index (Phi) is 6.08. The number of aryl methyl sites for hydroxylation is 1. The molecule has 0 spiro atoms. The van der Waals surface area contributed by atoms with Crippen molar-refractivity contribution in [3.63, 3.8) is 0 Å². The van der Waals surface area contributed by atoms with Crippen molar-refractivity contribution in [1.29, 1.82) is 0 Å². The van der Waals surface area contributed by atoms with Gasteiger partial charge in [0.05, 0.1) is 19.8 Å². The first-order valence-corrected chi connectivity index (χ1v) is 13.2. The first kappa shape index (κ1) is 23.6. The standard InChI is InChI=1S/C30H27FN2O3S/c1-35-23-15-16-25(36-2)20(17-23)18-32-28(19-11-13-21(31)14-12-19)33(22-7-4-3-5-8-22)29(34)27-24-9-6-10-26(24)37-30(27)32/h3-5,7-8,11-17,28H,6,9-10,18H2,1-2H3/t28-/m0/s1. The van der Waals surface area contributed by atoms with Crippen LogP contribution in [0.2, 0.25) is 0 Å². The number of ether oxygens (including phenoxy) is 2. The highest BCUT2D eigenvalue weighted by Gasteiger charge is 2.44. The Bertz CT molecular complexity index is 1450. The number of halogens is 1. The van der Waals surface area contributed by atoms with Crippen LogP contribution < -0.4 is 19.3 Å². The van der Waals surface area contributed by atoms with Crippen molar-refractivity contribution < 1.29 is 18.7 Å². The Morgan fingerprint density at radius 2 is 1.76 bits per heavy atom. The molecule has 0 saturated heterocycles. The van der Waals surface area contributed by atoms with Crippen LogP contribution in [0.1, 0.15) is 44.5 Å². The van der Waals surface area contributed by atoms with Gasteiger partial charge in [0, 0.05) is 22.7 Å². The van der Waals surface area contributed by atoms with Crippen molar-refractivity contribution in [2.45, 2.75) is 32.0 Å². The molecule has 4 aromatic rings. The van der Waals surface area contributed by atoms with Crippen molar-refractivity contribution in [3.05, 3.63) is 106 Å². The molecule has 0 N–H and O–H groups in total. The number of fused-ring (bicyclic) bond motifs is 3. The third-order valence-corrected chi connectivity index (χ3v) is 8.50. The van der Waals surface area contributed by atoms with E-state index in [-0.39, 0.29) is 11.7 Å². The number of hydrogen-bond donors (Lipinski definition) is 0. The molecule has 3 aromatic carbocycles. The number of thiophene rings is 1. The average Bonchev–Trinajstić information content (AvgIpc) is 3.53. The predicted octanol–water partition coefficient (Wildman–Crippen LogP) is 6.76. The van der Waals surface area contributed by atoms with Gasteiger partial charge in [0.15, 0.2) is 0 Å². The SMILES string of the molecule is COc1ccc(OC)c(CN2c3sc4c(c3C(=O)N(c3ccccc3)[C@H]2c2ccc(F)cc2)CCC4)c1. The number of benzene rings is 3. The number of methoxy groups -OCH3 is 2. The number of amides is 1. The molecular formula is C30H27FN2O3S. The topological polar surface area (TPSA) is 42.0 Å². The van der Waals surface area contributed by atoms with Crippen molar-refractivity contribution in [3.8, 4) is 11.5 Å². The van der Waals surface area contributed by atoms with E-state index in [9.17, 15) is 9.18 Å². The summed E-state index contributed by atoms with van der Waals surface area (Å²) in [6, 6.07) is 21.9. The number of nitrogens with zero attached hydrogens (tertiary/aromatic N) is 2. The molecule has 1 atom stereocenters. The van der Waals surface area contributed by atoms with E-state index in [1.54, 1.807) is 37.7 Å². The normalized spacial score (nSPS) is 16.5. The summed E-state index contributed by atoms with van der Waals surface area (Å²) in [4.78, 5) is 19.7. The summed E-state index contributed by atoms with van der Waals surface area (Å²) in [6.07, 6.45) is 2.49. The minimum absolute atomic E-state index is 0.0104. The van der Waals surface area contributed by atoms with Crippen molar-refractivity contribution in [2.24, 2.45) is 0 Å². The van der Waals surface area contributed by atoms with Crippen LogP contribution in [-0.2, 0) is 19.4 Å². The smallest absolute Gasteiger partial charge is 0.263 e. The Morgan fingerprint density at radius 3 is 2.49 bits per heavy atom. The van der Waals surface area contributed by atoms with Crippen LogP contribution in [-0.4, -0.2) is 20.1 Å². The quantitative estimate of drug-likeness (QED) is 0.285. The lowest BCUT2D eigenvalue weighted by Gasteiger charge is -2.45. The third kappa shape index (κ3) is 4.03. The molecule has 2 aliphatic rings. The van der Waals surface area contributed by atoms with Crippen LogP contribution in [0.25, 0.3) is 0 Å². The van der Waals surface area contributed by atoms with Crippen LogP contribution in [0.15, 0.2) is 72.8 Å². The molecule has 0 saturated carbocycles. The van der Waals surface area contributed by atoms with Gasteiger partial charge in [-0.25, -0.2) is 4.39 Å². The van der Waals surface area contributed by atoms with E-state index in [2.05, 4.69) is 4.90 Å². The molecule has 1 aromatic heterocycles. The maximum Gasteiger partial charge on any atom is 0.263 e. The van der Waals surface area contributed by atoms with E-state index in [1.165, 1.54) is 22.6 Å². The van der Waals surface area contributed by atoms with Gasteiger partial charge in [0.1, 0.15) is 28.5 Å². The molecule has 0 unspecified atom stereocenters. The maximum atomic E-state index is 14.3. The minimum Gasteiger partial charge on any atom is -0.497 e. The first-order valence-electron chi connectivity index (χ1n) is 12.3. The van der Waals surface area contributed by atoms with E-state index < -0.39 is 6.17 Å². The number of carbonyl (C=O) groups excluding carboxylic acids is 1. The van der Waals surface area contributed by atoms with Crippen molar-refractivity contribution in [2.75, 3.05) is 24.0 Å². The first-order chi connectivity index (χ1) is 18.1. The van der Waals surface area contributed by atoms with E-state index in [1.807, 2.05) is 53.4 Å². The molecule has 0 radical (unpaired) electrons. The molecule has 1 amide bonds. The van der Waals surface area contributed by atoms with Gasteiger partial charge < -0.3 is 14.4 Å². The van der Waals surface area contributed by atoms with Crippen LogP contribution in [0.4, 0.5) is 15.1 Å². The zero-order chi connectivity index (χ0) is 25.5. The number of carbonyl (C=O) groups is 1. The van der Waals surface area contributed by atoms with Crippen LogP contribution in [0.3, 0.4) is 0 Å². The van der Waals surface area contributed by atoms with Gasteiger partial charge >= 0.3 is 0 Å². The Labute approximate surface area is 219 Å². The van der Waals surface area contributed by atoms with Gasteiger partial charge in [-0.05, 0) is 72.9 Å². The highest BCUT2D eigenvalue weighted by molar-refractivity contribution is 7.17. The second kappa shape index (κ2) is 9.56. The van der Waals surface area contributed by atoms with Gasteiger partial charge in [0.2, 0.25) is 0 Å². The van der Waals surface area contributed by atoms with Crippen molar-refractivity contribution in [1.82, 2.24) is 0 Å². The molecule has 2 heterocycles. The molecule has 5 nitrogen and oxygen atoms in total. The van der Waals surface area contributed by atoms with Crippen molar-refractivity contribution >= 4 is 27.9 Å². The molecular weight excluding hydrogens is 487 g/mol. The summed E-state index contributed by atoms with van der Waals surface area (Å²) < 4.78 is 25.2. The molecule has 1 aliphatic heterocycles. The van der Waals surface area contributed by atoms with Crippen LogP contribution in [0.5, 0.6) is 11.5 Å². The largest absolute Gasteiger partial charge is 0.497 e. The maximum absolute atomic E-state index is 14.3. The zero-order valence-electron chi connectivity index (χ0n) is 20.7. The van der Waals surface area contributed by atoms with Gasteiger partial charge in [-0.15, -0.1) is 11.3 Å². The highest BCUT2D eigenvalue weighted by Crippen LogP contribution is 2.50. The fraction of sp³-hybridized carbons (Fsp3) is 0.233. The van der Waals surface area contributed by atoms with E-state index in [4.69, 9.17) is 9.47 Å². The summed E-state index contributed by atoms with van der Waals surface area (Å²) in [7, 11) is 3.30. The molecule has 6 rings (SSSR count). The predicted molar refractivity (Wildman–Crippen MR) is 144 cm³/mol. The number of para-hydroxylation sites is 1. The number of rotatable bonds is 6. The Balaban J connectivity index is 1.58. The zero-order valence-corrected chi connectivity index (χ0v) is 21.6. The Hall–Kier alpha value is -3.84. The van der Waals surface area contributed by atoms with Crippen LogP contribution >= 0.6 is 11.3 Å². The minimum atomic E-state index is -0.474. The molecule has 37 heavy (non-hydrogen) atoms. The van der Waals surface area contributed by atoms with Gasteiger partial charge in [-0.2, -0.15) is 0 Å². The lowest BCUT2D eigenvalue weighted by molar-refractivity contribution is 0.0968. The second-order valence-electron chi connectivity index (χ2n) is 9.28. The lowest BCUT2D eigenvalue weighted by Crippen LogP contribution is -2.49. The summed E-state index contributed by atoms with van der Waals surface area (Å²) in [5.74, 6) is 1.15. The molecule has 188 valence electrons. The average molecular weight is 515 g/mol. The van der Waals surface area contributed by atoms with Gasteiger partial charge in [0.25, 0.3) is 5.91 Å². The monoisotopic (exact) mass is 514 g/mol.